The molecule has 0 radical (unpaired) electrons. The van der Waals surface area contributed by atoms with E-state index in [0.29, 0.717) is 15.6 Å². The molecule has 70 valence electrons. The van der Waals surface area contributed by atoms with Gasteiger partial charge in [-0.05, 0) is 6.92 Å². The molecule has 1 aromatic heterocycles. The van der Waals surface area contributed by atoms with Gasteiger partial charge >= 0.3 is 0 Å². The summed E-state index contributed by atoms with van der Waals surface area (Å²) < 4.78 is 0. The predicted octanol–water partition coefficient (Wildman–Crippen LogP) is 0.682. The zero-order valence-corrected chi connectivity index (χ0v) is 8.27. The van der Waals surface area contributed by atoms with Gasteiger partial charge in [-0.25, -0.2) is 4.98 Å². The molecule has 0 unspecified atom stereocenters. The Balaban J connectivity index is 2.95. The minimum Gasteiger partial charge on any atom is -0.369 e. The van der Waals surface area contributed by atoms with Gasteiger partial charge in [0.2, 0.25) is 5.91 Å². The largest absolute Gasteiger partial charge is 0.369 e. The van der Waals surface area contributed by atoms with Gasteiger partial charge in [0, 0.05) is 6.92 Å². The number of nitrogens with zero attached hydrogens (tertiary/aromatic N) is 1. The molecule has 0 aliphatic heterocycles. The number of carbonyl (C=O) groups excluding carboxylic acids is 2. The summed E-state index contributed by atoms with van der Waals surface area (Å²) in [5, 5.41) is 0.607. The number of aryl methyl sites for hydroxylation is 1. The van der Waals surface area contributed by atoms with Gasteiger partial charge in [-0.2, -0.15) is 0 Å². The molecule has 1 aromatic rings. The molecule has 0 spiro atoms. The monoisotopic (exact) mass is 198 g/mol. The van der Waals surface area contributed by atoms with E-state index in [9.17, 15) is 9.59 Å². The number of thiazole rings is 1. The first-order chi connectivity index (χ1) is 6.00. The van der Waals surface area contributed by atoms with Crippen LogP contribution >= 0.6 is 11.3 Å². The first-order valence-corrected chi connectivity index (χ1v) is 4.58. The van der Waals surface area contributed by atoms with Crippen LogP contribution in [0.2, 0.25) is 0 Å². The second-order valence-electron chi connectivity index (χ2n) is 2.72. The van der Waals surface area contributed by atoms with Crippen LogP contribution < -0.4 is 5.73 Å². The van der Waals surface area contributed by atoms with Gasteiger partial charge < -0.3 is 5.73 Å². The molecule has 5 heteroatoms. The zero-order chi connectivity index (χ0) is 10.0. The van der Waals surface area contributed by atoms with Crippen LogP contribution in [-0.4, -0.2) is 16.7 Å². The predicted molar refractivity (Wildman–Crippen MR) is 49.8 cm³/mol. The van der Waals surface area contributed by atoms with Crippen molar-refractivity contribution in [1.29, 1.82) is 0 Å². The summed E-state index contributed by atoms with van der Waals surface area (Å²) in [4.78, 5) is 26.3. The second-order valence-corrected chi connectivity index (χ2v) is 3.81. The molecule has 0 aliphatic rings. The average molecular weight is 198 g/mol. The molecule has 0 bridgehead atoms. The fraction of sp³-hybridized carbons (Fsp3) is 0.375. The Kier molecular flexibility index (Phi) is 2.77. The number of ketones is 1. The number of hydrogen-bond acceptors (Lipinski definition) is 4. The molecule has 0 saturated heterocycles. The minimum absolute atomic E-state index is 0.0225. The Hall–Kier alpha value is -1.23. The normalized spacial score (nSPS) is 10.0. The highest BCUT2D eigenvalue weighted by molar-refractivity contribution is 7.13. The maximum absolute atomic E-state index is 11.0. The van der Waals surface area contributed by atoms with Gasteiger partial charge in [0.1, 0.15) is 5.01 Å². The number of aromatic nitrogens is 1. The van der Waals surface area contributed by atoms with E-state index < -0.39 is 5.91 Å². The highest BCUT2D eigenvalue weighted by atomic mass is 32.1. The highest BCUT2D eigenvalue weighted by Gasteiger charge is 2.12. The van der Waals surface area contributed by atoms with Crippen molar-refractivity contribution in [3.63, 3.8) is 0 Å². The fourth-order valence-electron chi connectivity index (χ4n) is 1.00. The second kappa shape index (κ2) is 3.66. The fourth-order valence-corrected chi connectivity index (χ4v) is 1.97. The Bertz CT molecular complexity index is 357. The number of nitrogens with two attached hydrogens (primary N) is 1. The molecule has 0 saturated carbocycles. The molecular formula is C8H10N2O2S. The van der Waals surface area contributed by atoms with Crippen molar-refractivity contribution in [1.82, 2.24) is 4.98 Å². The molecule has 0 aromatic carbocycles. The van der Waals surface area contributed by atoms with Crippen LogP contribution in [0.1, 0.15) is 27.3 Å². The number of hydrogen-bond donors (Lipinski definition) is 1. The van der Waals surface area contributed by atoms with Gasteiger partial charge in [-0.15, -0.1) is 11.3 Å². The molecular weight excluding hydrogens is 188 g/mol. The van der Waals surface area contributed by atoms with Crippen molar-refractivity contribution >= 4 is 23.0 Å². The summed E-state index contributed by atoms with van der Waals surface area (Å²) in [6.45, 7) is 3.23. The van der Waals surface area contributed by atoms with E-state index >= 15 is 0 Å². The van der Waals surface area contributed by atoms with Gasteiger partial charge in [-0.1, -0.05) is 0 Å². The first kappa shape index (κ1) is 9.85. The summed E-state index contributed by atoms with van der Waals surface area (Å²) in [5.74, 6) is -0.449. The third kappa shape index (κ3) is 2.35. The van der Waals surface area contributed by atoms with E-state index in [1.807, 2.05) is 0 Å². The maximum Gasteiger partial charge on any atom is 0.224 e. The zero-order valence-electron chi connectivity index (χ0n) is 7.46. The highest BCUT2D eigenvalue weighted by Crippen LogP contribution is 2.18. The van der Waals surface area contributed by atoms with E-state index in [0.717, 1.165) is 0 Å². The molecule has 2 N–H and O–H groups in total. The molecule has 1 rings (SSSR count). The smallest absolute Gasteiger partial charge is 0.224 e. The van der Waals surface area contributed by atoms with Crippen LogP contribution in [0.15, 0.2) is 0 Å². The van der Waals surface area contributed by atoms with E-state index in [1.165, 1.54) is 18.3 Å². The molecule has 0 atom stereocenters. The number of amides is 1. The van der Waals surface area contributed by atoms with Gasteiger partial charge in [-0.3, -0.25) is 9.59 Å². The molecule has 0 fully saturated rings. The lowest BCUT2D eigenvalue weighted by molar-refractivity contribution is -0.117. The molecule has 1 amide bonds. The van der Waals surface area contributed by atoms with Crippen LogP contribution in [-0.2, 0) is 11.2 Å². The number of rotatable bonds is 3. The summed E-state index contributed by atoms with van der Waals surface area (Å²) in [5.41, 5.74) is 5.68. The summed E-state index contributed by atoms with van der Waals surface area (Å²) in [7, 11) is 0. The number of carbonyl (C=O) groups is 2. The van der Waals surface area contributed by atoms with Crippen LogP contribution in [0.3, 0.4) is 0 Å². The van der Waals surface area contributed by atoms with Crippen molar-refractivity contribution in [3.8, 4) is 0 Å². The van der Waals surface area contributed by atoms with Crippen LogP contribution in [0.25, 0.3) is 0 Å². The molecule has 1 heterocycles. The van der Waals surface area contributed by atoms with Gasteiger partial charge in [0.25, 0.3) is 0 Å². The number of Topliss-reactive ketones (excluding diaryl/α,β-unsaturated/α-hetero) is 1. The van der Waals surface area contributed by atoms with E-state index in [1.54, 1.807) is 6.92 Å². The van der Waals surface area contributed by atoms with Crippen LogP contribution in [0, 0.1) is 6.92 Å². The molecule has 0 aliphatic carbocycles. The van der Waals surface area contributed by atoms with Crippen molar-refractivity contribution < 1.29 is 9.59 Å². The quantitative estimate of drug-likeness (QED) is 0.726. The van der Waals surface area contributed by atoms with Crippen molar-refractivity contribution in [2.75, 3.05) is 0 Å². The minimum atomic E-state index is -0.427. The lowest BCUT2D eigenvalue weighted by atomic mass is 10.3. The van der Waals surface area contributed by atoms with E-state index in [2.05, 4.69) is 4.98 Å². The molecule has 4 nitrogen and oxygen atoms in total. The van der Waals surface area contributed by atoms with Crippen molar-refractivity contribution in [3.05, 3.63) is 15.6 Å². The van der Waals surface area contributed by atoms with E-state index in [-0.39, 0.29) is 12.2 Å². The standard InChI is InChI=1S/C8H10N2O2S/c1-4-8(5(2)11)13-7(10-4)3-6(9)12/h3H2,1-2H3,(H2,9,12). The maximum atomic E-state index is 11.0. The first-order valence-electron chi connectivity index (χ1n) is 3.76. The van der Waals surface area contributed by atoms with Crippen LogP contribution in [0.5, 0.6) is 0 Å². The number of primary amides is 1. The van der Waals surface area contributed by atoms with Gasteiger partial charge in [0.05, 0.1) is 17.0 Å². The lowest BCUT2D eigenvalue weighted by Gasteiger charge is -1.86. The third-order valence-corrected chi connectivity index (χ3v) is 2.74. The Morgan fingerprint density at radius 3 is 2.54 bits per heavy atom. The summed E-state index contributed by atoms with van der Waals surface area (Å²) in [6.07, 6.45) is 0.110. The Morgan fingerprint density at radius 2 is 2.15 bits per heavy atom. The van der Waals surface area contributed by atoms with Crippen molar-refractivity contribution in [2.24, 2.45) is 5.73 Å². The lowest BCUT2D eigenvalue weighted by Crippen LogP contribution is -2.13. The Morgan fingerprint density at radius 1 is 1.54 bits per heavy atom. The topological polar surface area (TPSA) is 73.1 Å². The van der Waals surface area contributed by atoms with Gasteiger partial charge in [0.15, 0.2) is 5.78 Å². The molecule has 13 heavy (non-hydrogen) atoms. The van der Waals surface area contributed by atoms with E-state index in [4.69, 9.17) is 5.73 Å². The summed E-state index contributed by atoms with van der Waals surface area (Å²) in [6, 6.07) is 0. The van der Waals surface area contributed by atoms with Crippen LogP contribution in [0.4, 0.5) is 0 Å². The third-order valence-electron chi connectivity index (χ3n) is 1.49. The Labute approximate surface area is 79.8 Å². The van der Waals surface area contributed by atoms with Crippen molar-refractivity contribution in [2.45, 2.75) is 20.3 Å². The average Bonchev–Trinajstić information content (AvgIpc) is 2.29. The SMILES string of the molecule is CC(=O)c1sc(CC(N)=O)nc1C. The summed E-state index contributed by atoms with van der Waals surface area (Å²) >= 11 is 1.23.